The van der Waals surface area contributed by atoms with Crippen LogP contribution in [0.25, 0.3) is 0 Å². The zero-order chi connectivity index (χ0) is 9.78. The molecule has 0 nitrogen and oxygen atoms in total. The van der Waals surface area contributed by atoms with E-state index in [2.05, 4.69) is 56.8 Å². The van der Waals surface area contributed by atoms with E-state index in [1.807, 2.05) is 0 Å². The Morgan fingerprint density at radius 2 is 1.62 bits per heavy atom. The molecule has 1 aliphatic rings. The fourth-order valence-corrected chi connectivity index (χ4v) is 8.70. The molecule has 0 spiro atoms. The minimum Gasteiger partial charge on any atom is -1.00 e. The lowest BCUT2D eigenvalue weighted by atomic mass is 9.76. The Bertz CT molecular complexity index is 197. The highest BCUT2D eigenvalue weighted by Crippen LogP contribution is 2.82. The van der Waals surface area contributed by atoms with Gasteiger partial charge in [0.15, 0.2) is 0 Å². The molecule has 0 N–H and O–H groups in total. The van der Waals surface area contributed by atoms with Crippen LogP contribution in [0, 0.1) is 11.3 Å². The standard InChI is InChI=1S/C10H21BrP.BrH/c1-8-9(2,3)7-12(6,11)10(8,4)5;/h8H,7H2,1-6H3;1H/q+1;/p-1. The smallest absolute Gasteiger partial charge is 0.139 e. The lowest BCUT2D eigenvalue weighted by Crippen LogP contribution is -3.00. The van der Waals surface area contributed by atoms with Crippen molar-refractivity contribution in [2.75, 3.05) is 12.8 Å². The summed E-state index contributed by atoms with van der Waals surface area (Å²) in [6, 6.07) is 0. The molecular weight excluding hydrogens is 311 g/mol. The van der Waals surface area contributed by atoms with Crippen molar-refractivity contribution in [3.63, 3.8) is 0 Å². The maximum absolute atomic E-state index is 3.99. The fourth-order valence-electron chi connectivity index (χ4n) is 2.47. The lowest BCUT2D eigenvalue weighted by molar-refractivity contribution is -0.00000341. The van der Waals surface area contributed by atoms with E-state index in [-0.39, 0.29) is 17.0 Å². The second-order valence-electron chi connectivity index (χ2n) is 5.59. The molecule has 0 aromatic heterocycles. The van der Waals surface area contributed by atoms with E-state index in [1.54, 1.807) is 0 Å². The van der Waals surface area contributed by atoms with Gasteiger partial charge in [-0.3, -0.25) is 0 Å². The van der Waals surface area contributed by atoms with Gasteiger partial charge in [-0.05, 0) is 13.8 Å². The summed E-state index contributed by atoms with van der Waals surface area (Å²) in [6.07, 6.45) is 1.38. The normalized spacial score (nSPS) is 41.3. The van der Waals surface area contributed by atoms with Gasteiger partial charge in [0, 0.05) is 11.3 Å². The van der Waals surface area contributed by atoms with Gasteiger partial charge in [0.2, 0.25) is 0 Å². The zero-order valence-corrected chi connectivity index (χ0v) is 13.6. The molecule has 3 heteroatoms. The van der Waals surface area contributed by atoms with E-state index in [0.29, 0.717) is 10.6 Å². The van der Waals surface area contributed by atoms with Gasteiger partial charge in [0.05, 0.1) is 23.9 Å². The highest BCUT2D eigenvalue weighted by Gasteiger charge is 2.63. The Kier molecular flexibility index (Phi) is 4.16. The second kappa shape index (κ2) is 3.76. The molecule has 1 aliphatic heterocycles. The maximum Gasteiger partial charge on any atom is 0.139 e. The SMILES string of the molecule is CC1C(C)(C)C[P+](C)(Br)C1(C)C.[Br-]. The molecule has 0 aromatic carbocycles. The third kappa shape index (κ3) is 2.16. The van der Waals surface area contributed by atoms with Crippen molar-refractivity contribution in [1.82, 2.24) is 0 Å². The Labute approximate surface area is 102 Å². The zero-order valence-electron chi connectivity index (χ0n) is 9.49. The van der Waals surface area contributed by atoms with Crippen LogP contribution in [0.3, 0.4) is 0 Å². The van der Waals surface area contributed by atoms with Crippen molar-refractivity contribution >= 4 is 21.5 Å². The van der Waals surface area contributed by atoms with Crippen LogP contribution in [0.5, 0.6) is 0 Å². The molecule has 0 amide bonds. The lowest BCUT2D eigenvalue weighted by Gasteiger charge is -2.30. The van der Waals surface area contributed by atoms with E-state index in [9.17, 15) is 0 Å². The van der Waals surface area contributed by atoms with Crippen molar-refractivity contribution in [3.8, 4) is 0 Å². The van der Waals surface area contributed by atoms with Crippen molar-refractivity contribution in [2.45, 2.75) is 39.8 Å². The molecule has 2 atom stereocenters. The Morgan fingerprint density at radius 3 is 1.69 bits per heavy atom. The van der Waals surface area contributed by atoms with Gasteiger partial charge in [-0.2, -0.15) is 0 Å². The van der Waals surface area contributed by atoms with Crippen molar-refractivity contribution in [3.05, 3.63) is 0 Å². The number of halogens is 2. The van der Waals surface area contributed by atoms with Crippen LogP contribution in [0.2, 0.25) is 0 Å². The van der Waals surface area contributed by atoms with E-state index in [4.69, 9.17) is 0 Å². The minimum atomic E-state index is -0.861. The molecule has 0 saturated carbocycles. The minimum absolute atomic E-state index is 0. The molecule has 0 radical (unpaired) electrons. The summed E-state index contributed by atoms with van der Waals surface area (Å²) in [5.41, 5.74) is 0.523. The summed E-state index contributed by atoms with van der Waals surface area (Å²) in [5, 5.41) is 0.510. The van der Waals surface area contributed by atoms with Gasteiger partial charge >= 0.3 is 0 Å². The number of hydrogen-bond acceptors (Lipinski definition) is 0. The maximum atomic E-state index is 3.99. The molecule has 13 heavy (non-hydrogen) atoms. The highest BCUT2D eigenvalue weighted by molar-refractivity contribution is 9.42. The first kappa shape index (κ1) is 14.4. The average Bonchev–Trinajstić information content (AvgIpc) is 1.90. The van der Waals surface area contributed by atoms with Crippen LogP contribution in [-0.2, 0) is 0 Å². The second-order valence-corrected chi connectivity index (χ2v) is 13.9. The van der Waals surface area contributed by atoms with Gasteiger partial charge < -0.3 is 17.0 Å². The van der Waals surface area contributed by atoms with E-state index < -0.39 is 5.96 Å². The summed E-state index contributed by atoms with van der Waals surface area (Å²) in [4.78, 5) is 0. The first-order valence-corrected chi connectivity index (χ1v) is 9.10. The van der Waals surface area contributed by atoms with Gasteiger partial charge in [0.1, 0.15) is 15.5 Å². The summed E-state index contributed by atoms with van der Waals surface area (Å²) in [6.45, 7) is 14.5. The molecule has 0 aromatic rings. The summed E-state index contributed by atoms with van der Waals surface area (Å²) >= 11 is 3.99. The summed E-state index contributed by atoms with van der Waals surface area (Å²) in [7, 11) is 0. The van der Waals surface area contributed by atoms with Crippen molar-refractivity contribution < 1.29 is 17.0 Å². The van der Waals surface area contributed by atoms with E-state index in [1.165, 1.54) is 6.16 Å². The van der Waals surface area contributed by atoms with Crippen LogP contribution in [0.4, 0.5) is 0 Å². The Balaban J connectivity index is 0.00000144. The van der Waals surface area contributed by atoms with Gasteiger partial charge in [-0.15, -0.1) is 0 Å². The molecule has 1 saturated heterocycles. The molecule has 80 valence electrons. The third-order valence-electron chi connectivity index (χ3n) is 4.14. The van der Waals surface area contributed by atoms with E-state index in [0.717, 1.165) is 5.92 Å². The Morgan fingerprint density at radius 1 is 1.23 bits per heavy atom. The number of hydrogen-bond donors (Lipinski definition) is 0. The fraction of sp³-hybridized carbons (Fsp3) is 1.00. The van der Waals surface area contributed by atoms with Crippen LogP contribution in [-0.4, -0.2) is 18.0 Å². The van der Waals surface area contributed by atoms with Crippen molar-refractivity contribution in [2.24, 2.45) is 11.3 Å². The van der Waals surface area contributed by atoms with Crippen LogP contribution in [0.15, 0.2) is 0 Å². The van der Waals surface area contributed by atoms with Gasteiger partial charge in [-0.1, -0.05) is 20.8 Å². The van der Waals surface area contributed by atoms with E-state index >= 15 is 0 Å². The topological polar surface area (TPSA) is 0 Å². The molecule has 0 bridgehead atoms. The Hall–Kier alpha value is 1.39. The van der Waals surface area contributed by atoms with Crippen LogP contribution in [0.1, 0.15) is 34.6 Å². The highest BCUT2D eigenvalue weighted by atomic mass is 79.9. The third-order valence-corrected chi connectivity index (χ3v) is 11.8. The quantitative estimate of drug-likeness (QED) is 0.589. The molecule has 1 rings (SSSR count). The van der Waals surface area contributed by atoms with Crippen LogP contribution < -0.4 is 17.0 Å². The van der Waals surface area contributed by atoms with Gasteiger partial charge in [-0.25, -0.2) is 0 Å². The molecule has 1 heterocycles. The molecular formula is C10H21Br2P. The monoisotopic (exact) mass is 330 g/mol. The predicted molar refractivity (Wildman–Crippen MR) is 63.7 cm³/mol. The molecule has 1 fully saturated rings. The van der Waals surface area contributed by atoms with Crippen LogP contribution >= 0.6 is 21.5 Å². The first-order chi connectivity index (χ1) is 5.11. The average molecular weight is 332 g/mol. The predicted octanol–water partition coefficient (Wildman–Crippen LogP) is 1.40. The largest absolute Gasteiger partial charge is 1.00 e. The first-order valence-electron chi connectivity index (χ1n) is 4.66. The summed E-state index contributed by atoms with van der Waals surface area (Å²) in [5.74, 6) is -0.0394. The molecule has 2 unspecified atom stereocenters. The number of rotatable bonds is 0. The molecule has 0 aliphatic carbocycles. The van der Waals surface area contributed by atoms with Gasteiger partial charge in [0.25, 0.3) is 0 Å². The summed E-state index contributed by atoms with van der Waals surface area (Å²) < 4.78 is 0. The van der Waals surface area contributed by atoms with Crippen molar-refractivity contribution in [1.29, 1.82) is 0 Å².